The maximum absolute atomic E-state index is 13.7. The SMILES string of the molecule is C[C@@H]1[C@@H](c2ccccc2)CC(=O)c2nc3ccccc3cc2[C@@H]1C(=O)N1CCCC1. The van der Waals surface area contributed by atoms with Gasteiger partial charge in [0.15, 0.2) is 5.78 Å². The van der Waals surface area contributed by atoms with Crippen molar-refractivity contribution < 1.29 is 9.59 Å². The summed E-state index contributed by atoms with van der Waals surface area (Å²) in [7, 11) is 0. The van der Waals surface area contributed by atoms with E-state index in [1.165, 1.54) is 0 Å². The van der Waals surface area contributed by atoms with Crippen LogP contribution in [0.25, 0.3) is 10.9 Å². The number of para-hydroxylation sites is 1. The van der Waals surface area contributed by atoms with Crippen LogP contribution in [0.5, 0.6) is 0 Å². The van der Waals surface area contributed by atoms with Crippen molar-refractivity contribution in [1.82, 2.24) is 9.88 Å². The van der Waals surface area contributed by atoms with Gasteiger partial charge in [-0.2, -0.15) is 0 Å². The number of Topliss-reactive ketones (excluding diaryl/α,β-unsaturated/α-hetero) is 1. The summed E-state index contributed by atoms with van der Waals surface area (Å²) in [4.78, 5) is 33.9. The third-order valence-electron chi connectivity index (χ3n) is 6.83. The van der Waals surface area contributed by atoms with Crippen molar-refractivity contribution in [3.05, 3.63) is 77.5 Å². The zero-order valence-corrected chi connectivity index (χ0v) is 17.3. The smallest absolute Gasteiger partial charge is 0.230 e. The van der Waals surface area contributed by atoms with E-state index in [4.69, 9.17) is 4.98 Å². The predicted molar refractivity (Wildman–Crippen MR) is 118 cm³/mol. The molecular formula is C26H26N2O2. The molecule has 1 amide bonds. The van der Waals surface area contributed by atoms with Crippen LogP contribution in [-0.4, -0.2) is 34.7 Å². The number of hydrogen-bond acceptors (Lipinski definition) is 3. The summed E-state index contributed by atoms with van der Waals surface area (Å²) < 4.78 is 0. The van der Waals surface area contributed by atoms with Crippen LogP contribution in [0.15, 0.2) is 60.7 Å². The predicted octanol–water partition coefficient (Wildman–Crippen LogP) is 4.95. The van der Waals surface area contributed by atoms with Crippen LogP contribution in [-0.2, 0) is 4.79 Å². The molecule has 0 N–H and O–H groups in total. The zero-order valence-electron chi connectivity index (χ0n) is 17.3. The molecule has 1 fully saturated rings. The first-order chi connectivity index (χ1) is 14.6. The van der Waals surface area contributed by atoms with E-state index < -0.39 is 0 Å². The van der Waals surface area contributed by atoms with Crippen LogP contribution in [0, 0.1) is 5.92 Å². The first-order valence-electron chi connectivity index (χ1n) is 10.9. The molecule has 0 unspecified atom stereocenters. The molecule has 152 valence electrons. The van der Waals surface area contributed by atoms with Gasteiger partial charge in [-0.15, -0.1) is 0 Å². The molecule has 3 aromatic rings. The molecule has 0 saturated carbocycles. The second-order valence-corrected chi connectivity index (χ2v) is 8.63. The van der Waals surface area contributed by atoms with Crippen LogP contribution in [0.2, 0.25) is 0 Å². The summed E-state index contributed by atoms with van der Waals surface area (Å²) in [6, 6.07) is 20.0. The van der Waals surface area contributed by atoms with Gasteiger partial charge < -0.3 is 4.90 Å². The summed E-state index contributed by atoms with van der Waals surface area (Å²) in [6.07, 6.45) is 2.49. The number of ketones is 1. The summed E-state index contributed by atoms with van der Waals surface area (Å²) >= 11 is 0. The average Bonchev–Trinajstić information content (AvgIpc) is 3.29. The lowest BCUT2D eigenvalue weighted by Crippen LogP contribution is -2.36. The van der Waals surface area contributed by atoms with Crippen molar-refractivity contribution >= 4 is 22.6 Å². The molecule has 3 atom stereocenters. The molecule has 0 spiro atoms. The van der Waals surface area contributed by atoms with Gasteiger partial charge in [0.2, 0.25) is 5.91 Å². The van der Waals surface area contributed by atoms with E-state index in [1.54, 1.807) is 0 Å². The molecule has 0 radical (unpaired) electrons. The Balaban J connectivity index is 1.68. The maximum atomic E-state index is 13.7. The largest absolute Gasteiger partial charge is 0.342 e. The quantitative estimate of drug-likeness (QED) is 0.574. The lowest BCUT2D eigenvalue weighted by molar-refractivity contribution is -0.133. The Morgan fingerprint density at radius 2 is 1.70 bits per heavy atom. The lowest BCUT2D eigenvalue weighted by Gasteiger charge is -2.31. The van der Waals surface area contributed by atoms with Crippen LogP contribution in [0.4, 0.5) is 0 Å². The summed E-state index contributed by atoms with van der Waals surface area (Å²) in [5.41, 5.74) is 3.22. The van der Waals surface area contributed by atoms with Crippen molar-refractivity contribution in [2.45, 2.75) is 38.0 Å². The summed E-state index contributed by atoms with van der Waals surface area (Å²) in [6.45, 7) is 3.75. The van der Waals surface area contributed by atoms with Gasteiger partial charge in [-0.05, 0) is 47.9 Å². The van der Waals surface area contributed by atoms with Gasteiger partial charge in [0, 0.05) is 24.9 Å². The number of rotatable bonds is 2. The fourth-order valence-electron chi connectivity index (χ4n) is 5.20. The van der Waals surface area contributed by atoms with Gasteiger partial charge in [-0.3, -0.25) is 9.59 Å². The van der Waals surface area contributed by atoms with E-state index in [9.17, 15) is 9.59 Å². The number of hydrogen-bond donors (Lipinski definition) is 0. The van der Waals surface area contributed by atoms with Gasteiger partial charge in [0.05, 0.1) is 11.4 Å². The minimum Gasteiger partial charge on any atom is -0.342 e. The molecule has 1 aliphatic heterocycles. The second-order valence-electron chi connectivity index (χ2n) is 8.63. The van der Waals surface area contributed by atoms with Crippen LogP contribution >= 0.6 is 0 Å². The Kier molecular flexibility index (Phi) is 4.86. The first kappa shape index (κ1) is 19.0. The highest BCUT2D eigenvalue weighted by atomic mass is 16.2. The third-order valence-corrected chi connectivity index (χ3v) is 6.83. The molecule has 2 aliphatic rings. The van der Waals surface area contributed by atoms with Gasteiger partial charge in [0.1, 0.15) is 5.69 Å². The van der Waals surface area contributed by atoms with Crippen LogP contribution < -0.4 is 0 Å². The van der Waals surface area contributed by atoms with E-state index in [0.29, 0.717) is 12.1 Å². The van der Waals surface area contributed by atoms with Crippen molar-refractivity contribution in [1.29, 1.82) is 0 Å². The highest BCUT2D eigenvalue weighted by molar-refractivity contribution is 6.01. The van der Waals surface area contributed by atoms with E-state index in [1.807, 2.05) is 53.4 Å². The first-order valence-corrected chi connectivity index (χ1v) is 10.9. The number of amides is 1. The Hall–Kier alpha value is -3.01. The lowest BCUT2D eigenvalue weighted by atomic mass is 9.76. The number of nitrogens with zero attached hydrogens (tertiary/aromatic N) is 2. The molecule has 5 rings (SSSR count). The Bertz CT molecular complexity index is 1100. The Morgan fingerprint density at radius 3 is 2.47 bits per heavy atom. The van der Waals surface area contributed by atoms with Crippen LogP contribution in [0.3, 0.4) is 0 Å². The summed E-state index contributed by atoms with van der Waals surface area (Å²) in [5.74, 6) is -0.171. The topological polar surface area (TPSA) is 50.3 Å². The van der Waals surface area contributed by atoms with E-state index in [0.717, 1.165) is 48.0 Å². The van der Waals surface area contributed by atoms with Crippen molar-refractivity contribution in [2.75, 3.05) is 13.1 Å². The monoisotopic (exact) mass is 398 g/mol. The molecule has 0 bridgehead atoms. The molecule has 1 aromatic heterocycles. The molecule has 2 heterocycles. The fraction of sp³-hybridized carbons (Fsp3) is 0.346. The van der Waals surface area contributed by atoms with E-state index in [2.05, 4.69) is 19.1 Å². The average molecular weight is 399 g/mol. The number of likely N-dealkylation sites (tertiary alicyclic amines) is 1. The number of carbonyl (C=O) groups is 2. The molecule has 4 nitrogen and oxygen atoms in total. The highest BCUT2D eigenvalue weighted by Crippen LogP contribution is 2.44. The molecule has 30 heavy (non-hydrogen) atoms. The zero-order chi connectivity index (χ0) is 20.7. The van der Waals surface area contributed by atoms with Gasteiger partial charge >= 0.3 is 0 Å². The number of benzene rings is 2. The molecule has 4 heteroatoms. The minimum atomic E-state index is -0.355. The number of pyridine rings is 1. The van der Waals surface area contributed by atoms with Crippen LogP contribution in [0.1, 0.15) is 59.6 Å². The standard InChI is InChI=1S/C26H26N2O2/c1-17-20(18-9-3-2-4-10-18)16-23(29)25-21(15-19-11-5-6-12-22(19)27-25)24(17)26(30)28-13-7-8-14-28/h2-6,9-12,15,17,20,24H,7-8,13-14,16H2,1H3/t17-,20+,24-/m1/s1. The normalized spacial score (nSPS) is 24.0. The molecule has 1 aliphatic carbocycles. The fourth-order valence-corrected chi connectivity index (χ4v) is 5.20. The van der Waals surface area contributed by atoms with Crippen molar-refractivity contribution in [3.8, 4) is 0 Å². The number of fused-ring (bicyclic) bond motifs is 2. The Labute approximate surface area is 176 Å². The molecule has 1 saturated heterocycles. The van der Waals surface area contributed by atoms with Gasteiger partial charge in [0.25, 0.3) is 0 Å². The highest BCUT2D eigenvalue weighted by Gasteiger charge is 2.42. The minimum absolute atomic E-state index is 0.00688. The Morgan fingerprint density at radius 1 is 1.00 bits per heavy atom. The maximum Gasteiger partial charge on any atom is 0.230 e. The molecular weight excluding hydrogens is 372 g/mol. The van der Waals surface area contributed by atoms with E-state index in [-0.39, 0.29) is 29.4 Å². The number of aromatic nitrogens is 1. The molecule has 2 aromatic carbocycles. The summed E-state index contributed by atoms with van der Waals surface area (Å²) in [5, 5.41) is 0.980. The number of carbonyl (C=O) groups excluding carboxylic acids is 2. The van der Waals surface area contributed by atoms with Gasteiger partial charge in [-0.1, -0.05) is 55.5 Å². The van der Waals surface area contributed by atoms with E-state index >= 15 is 0 Å². The van der Waals surface area contributed by atoms with Crippen molar-refractivity contribution in [3.63, 3.8) is 0 Å². The van der Waals surface area contributed by atoms with Gasteiger partial charge in [-0.25, -0.2) is 4.98 Å². The van der Waals surface area contributed by atoms with Crippen molar-refractivity contribution in [2.24, 2.45) is 5.92 Å². The second kappa shape index (κ2) is 7.67. The third kappa shape index (κ3) is 3.20.